The number of phenolic OH excluding ortho intramolecular Hbond substituents is 1. The number of carbonyl (C=O) groups is 2. The van der Waals surface area contributed by atoms with Gasteiger partial charge >= 0.3 is 5.97 Å². The molecule has 0 aromatic heterocycles. The number of amides is 1. The van der Waals surface area contributed by atoms with Gasteiger partial charge in [-0.3, -0.25) is 9.59 Å². The fraction of sp³-hybridized carbons (Fsp3) is 0.130. The largest absolute Gasteiger partial charge is 0.508 e. The van der Waals surface area contributed by atoms with Crippen LogP contribution in [0.2, 0.25) is 0 Å². The van der Waals surface area contributed by atoms with Crippen LogP contribution >= 0.6 is 0 Å². The molecule has 148 valence electrons. The van der Waals surface area contributed by atoms with Crippen molar-refractivity contribution in [3.8, 4) is 17.2 Å². The number of carbonyl (C=O) groups excluding carboxylic acids is 2. The minimum absolute atomic E-state index is 0.0264. The molecule has 0 saturated carbocycles. The van der Waals surface area contributed by atoms with Crippen LogP contribution in [0, 0.1) is 6.92 Å². The molecule has 3 rings (SSSR count). The average Bonchev–Trinajstić information content (AvgIpc) is 2.71. The van der Waals surface area contributed by atoms with E-state index in [1.165, 1.54) is 12.1 Å². The van der Waals surface area contributed by atoms with Gasteiger partial charge < -0.3 is 19.9 Å². The van der Waals surface area contributed by atoms with Gasteiger partial charge in [0.05, 0.1) is 6.42 Å². The van der Waals surface area contributed by atoms with E-state index in [9.17, 15) is 14.7 Å². The number of hydrogen-bond acceptors (Lipinski definition) is 5. The van der Waals surface area contributed by atoms with Crippen LogP contribution in [-0.2, 0) is 20.7 Å². The second-order valence-corrected chi connectivity index (χ2v) is 6.49. The highest BCUT2D eigenvalue weighted by Gasteiger charge is 2.09. The van der Waals surface area contributed by atoms with Crippen molar-refractivity contribution in [2.24, 2.45) is 0 Å². The number of ether oxygens (including phenoxy) is 2. The predicted molar refractivity (Wildman–Crippen MR) is 109 cm³/mol. The van der Waals surface area contributed by atoms with Crippen molar-refractivity contribution in [3.05, 3.63) is 83.9 Å². The van der Waals surface area contributed by atoms with Crippen LogP contribution in [0.5, 0.6) is 17.2 Å². The molecule has 6 heteroatoms. The first-order valence-corrected chi connectivity index (χ1v) is 9.06. The lowest BCUT2D eigenvalue weighted by atomic mass is 10.1. The second kappa shape index (κ2) is 9.41. The summed E-state index contributed by atoms with van der Waals surface area (Å²) in [5.41, 5.74) is 2.41. The molecule has 0 aliphatic rings. The Hall–Kier alpha value is -3.80. The van der Waals surface area contributed by atoms with Crippen LogP contribution in [0.3, 0.4) is 0 Å². The molecule has 2 N–H and O–H groups in total. The maximum Gasteiger partial charge on any atom is 0.310 e. The Morgan fingerprint density at radius 3 is 2.07 bits per heavy atom. The van der Waals surface area contributed by atoms with Crippen molar-refractivity contribution in [1.29, 1.82) is 0 Å². The summed E-state index contributed by atoms with van der Waals surface area (Å²) >= 11 is 0. The number of rotatable bonds is 7. The Morgan fingerprint density at radius 1 is 0.862 bits per heavy atom. The number of benzene rings is 3. The standard InChI is InChI=1S/C23H21NO5/c1-16-2-10-20(11-3-16)29-21-12-6-18(7-13-21)24-22(26)15-28-23(27)14-17-4-8-19(25)9-5-17/h2-13,25H,14-15H2,1H3,(H,24,26). The first kappa shape index (κ1) is 19.9. The van der Waals surface area contributed by atoms with Crippen molar-refractivity contribution in [2.45, 2.75) is 13.3 Å². The highest BCUT2D eigenvalue weighted by atomic mass is 16.5. The van der Waals surface area contributed by atoms with Crippen LogP contribution in [-0.4, -0.2) is 23.6 Å². The van der Waals surface area contributed by atoms with Crippen molar-refractivity contribution < 1.29 is 24.2 Å². The predicted octanol–water partition coefficient (Wildman–Crippen LogP) is 4.22. The normalized spacial score (nSPS) is 10.2. The summed E-state index contributed by atoms with van der Waals surface area (Å²) in [6.45, 7) is 1.63. The Morgan fingerprint density at radius 2 is 1.45 bits per heavy atom. The number of aryl methyl sites for hydroxylation is 1. The van der Waals surface area contributed by atoms with Crippen LogP contribution in [0.25, 0.3) is 0 Å². The van der Waals surface area contributed by atoms with Crippen LogP contribution < -0.4 is 10.1 Å². The molecule has 0 bridgehead atoms. The van der Waals surface area contributed by atoms with E-state index in [4.69, 9.17) is 9.47 Å². The van der Waals surface area contributed by atoms with Crippen LogP contribution in [0.4, 0.5) is 5.69 Å². The molecule has 0 saturated heterocycles. The maximum absolute atomic E-state index is 12.0. The molecule has 6 nitrogen and oxygen atoms in total. The minimum atomic E-state index is -0.521. The van der Waals surface area contributed by atoms with E-state index in [0.29, 0.717) is 17.0 Å². The summed E-state index contributed by atoms with van der Waals surface area (Å²) in [6, 6.07) is 20.8. The van der Waals surface area contributed by atoms with E-state index < -0.39 is 11.9 Å². The third-order valence-corrected chi connectivity index (χ3v) is 4.04. The van der Waals surface area contributed by atoms with E-state index >= 15 is 0 Å². The Kier molecular flexibility index (Phi) is 6.47. The first-order valence-electron chi connectivity index (χ1n) is 9.06. The molecule has 0 atom stereocenters. The summed E-state index contributed by atoms with van der Waals surface area (Å²) in [5, 5.41) is 11.9. The van der Waals surface area contributed by atoms with Gasteiger partial charge in [-0.05, 0) is 61.0 Å². The summed E-state index contributed by atoms with van der Waals surface area (Å²) in [5.74, 6) is 0.542. The second-order valence-electron chi connectivity index (χ2n) is 6.49. The molecule has 0 unspecified atom stereocenters. The molecule has 29 heavy (non-hydrogen) atoms. The molecule has 3 aromatic carbocycles. The molecule has 0 aliphatic heterocycles. The zero-order chi connectivity index (χ0) is 20.6. The summed E-state index contributed by atoms with van der Waals surface area (Å²) < 4.78 is 10.7. The van der Waals surface area contributed by atoms with Gasteiger partial charge in [0.15, 0.2) is 6.61 Å². The van der Waals surface area contributed by atoms with Gasteiger partial charge in [-0.25, -0.2) is 0 Å². The lowest BCUT2D eigenvalue weighted by molar-refractivity contribution is -0.146. The van der Waals surface area contributed by atoms with Gasteiger partial charge in [-0.1, -0.05) is 29.8 Å². The SMILES string of the molecule is Cc1ccc(Oc2ccc(NC(=O)COC(=O)Cc3ccc(O)cc3)cc2)cc1. The quantitative estimate of drug-likeness (QED) is 0.589. The van der Waals surface area contributed by atoms with Gasteiger partial charge in [0.2, 0.25) is 0 Å². The summed E-state index contributed by atoms with van der Waals surface area (Å²) in [7, 11) is 0. The van der Waals surface area contributed by atoms with Crippen molar-refractivity contribution in [1.82, 2.24) is 0 Å². The zero-order valence-electron chi connectivity index (χ0n) is 15.9. The average molecular weight is 391 g/mol. The number of esters is 1. The molecule has 1 amide bonds. The smallest absolute Gasteiger partial charge is 0.310 e. The Labute approximate surface area is 168 Å². The van der Waals surface area contributed by atoms with Gasteiger partial charge in [0.1, 0.15) is 17.2 Å². The number of hydrogen-bond donors (Lipinski definition) is 2. The minimum Gasteiger partial charge on any atom is -0.508 e. The first-order chi connectivity index (χ1) is 14.0. The third kappa shape index (κ3) is 6.39. The van der Waals surface area contributed by atoms with Gasteiger partial charge in [-0.15, -0.1) is 0 Å². The fourth-order valence-corrected chi connectivity index (χ4v) is 2.52. The molecule has 0 radical (unpaired) electrons. The molecular weight excluding hydrogens is 370 g/mol. The van der Waals surface area contributed by atoms with Crippen LogP contribution in [0.1, 0.15) is 11.1 Å². The van der Waals surface area contributed by atoms with Gasteiger partial charge in [-0.2, -0.15) is 0 Å². The van der Waals surface area contributed by atoms with Gasteiger partial charge in [0.25, 0.3) is 5.91 Å². The Balaban J connectivity index is 1.44. The molecule has 0 aliphatic carbocycles. The number of aromatic hydroxyl groups is 1. The summed E-state index contributed by atoms with van der Waals surface area (Å²) in [4.78, 5) is 23.8. The zero-order valence-corrected chi connectivity index (χ0v) is 15.9. The lowest BCUT2D eigenvalue weighted by Gasteiger charge is -2.09. The molecule has 0 heterocycles. The molecular formula is C23H21NO5. The van der Waals surface area contributed by atoms with Crippen LogP contribution in [0.15, 0.2) is 72.8 Å². The fourth-order valence-electron chi connectivity index (χ4n) is 2.52. The lowest BCUT2D eigenvalue weighted by Crippen LogP contribution is -2.21. The molecule has 0 fully saturated rings. The van der Waals surface area contributed by atoms with E-state index in [1.807, 2.05) is 31.2 Å². The van der Waals surface area contributed by atoms with E-state index in [2.05, 4.69) is 5.32 Å². The van der Waals surface area contributed by atoms with Gasteiger partial charge in [0, 0.05) is 5.69 Å². The molecule has 3 aromatic rings. The highest BCUT2D eigenvalue weighted by molar-refractivity contribution is 5.92. The van der Waals surface area contributed by atoms with Crippen molar-refractivity contribution in [2.75, 3.05) is 11.9 Å². The van der Waals surface area contributed by atoms with E-state index in [0.717, 1.165) is 11.3 Å². The Bertz CT molecular complexity index is 964. The monoisotopic (exact) mass is 391 g/mol. The summed E-state index contributed by atoms with van der Waals surface area (Å²) in [6.07, 6.45) is 0.0264. The van der Waals surface area contributed by atoms with Crippen molar-refractivity contribution >= 4 is 17.6 Å². The van der Waals surface area contributed by atoms with E-state index in [-0.39, 0.29) is 18.8 Å². The number of anilines is 1. The maximum atomic E-state index is 12.0. The highest BCUT2D eigenvalue weighted by Crippen LogP contribution is 2.23. The van der Waals surface area contributed by atoms with E-state index in [1.54, 1.807) is 36.4 Å². The number of phenols is 1. The topological polar surface area (TPSA) is 84.9 Å². The number of nitrogens with one attached hydrogen (secondary N) is 1. The third-order valence-electron chi connectivity index (χ3n) is 4.04. The molecule has 0 spiro atoms. The van der Waals surface area contributed by atoms with Crippen molar-refractivity contribution in [3.63, 3.8) is 0 Å².